The Morgan fingerprint density at radius 3 is 2.16 bits per heavy atom. The van der Waals surface area contributed by atoms with Crippen LogP contribution in [0.1, 0.15) is 36.5 Å². The fraction of sp³-hybridized carbons (Fsp3) is 0.478. The van der Waals surface area contributed by atoms with E-state index in [-0.39, 0.29) is 5.75 Å². The molecule has 0 aliphatic heterocycles. The van der Waals surface area contributed by atoms with Crippen LogP contribution in [0.3, 0.4) is 0 Å². The van der Waals surface area contributed by atoms with Crippen molar-refractivity contribution in [1.82, 2.24) is 0 Å². The summed E-state index contributed by atoms with van der Waals surface area (Å²) in [6, 6.07) is 11.5. The summed E-state index contributed by atoms with van der Waals surface area (Å²) in [5.74, 6) is -0.990. The molecule has 5 nitrogen and oxygen atoms in total. The molecular weight excluding hydrogens is 449 g/mol. The van der Waals surface area contributed by atoms with Gasteiger partial charge in [0, 0.05) is 16.9 Å². The third kappa shape index (κ3) is 7.35. The Morgan fingerprint density at radius 2 is 1.59 bits per heavy atom. The van der Waals surface area contributed by atoms with E-state index >= 15 is 0 Å². The molecule has 2 rings (SSSR count). The van der Waals surface area contributed by atoms with Gasteiger partial charge in [-0.05, 0) is 41.3 Å². The van der Waals surface area contributed by atoms with Crippen LogP contribution in [-0.4, -0.2) is 58.1 Å². The number of hydrogen-bond donors (Lipinski definition) is 4. The first-order valence-corrected chi connectivity index (χ1v) is 10.5. The van der Waals surface area contributed by atoms with E-state index in [9.17, 15) is 28.5 Å². The Balaban J connectivity index is 2.12. The second-order valence-corrected chi connectivity index (χ2v) is 8.36. The fourth-order valence-corrected chi connectivity index (χ4v) is 3.60. The lowest BCUT2D eigenvalue weighted by atomic mass is 9.83. The third-order valence-electron chi connectivity index (χ3n) is 5.49. The summed E-state index contributed by atoms with van der Waals surface area (Å²) in [6.07, 6.45) is -7.63. The van der Waals surface area contributed by atoms with Crippen LogP contribution in [0, 0.1) is 5.92 Å². The van der Waals surface area contributed by atoms with Crippen molar-refractivity contribution in [2.45, 2.75) is 50.7 Å². The molecule has 0 aromatic heterocycles. The molecule has 5 atom stereocenters. The van der Waals surface area contributed by atoms with Crippen molar-refractivity contribution in [3.05, 3.63) is 64.2 Å². The number of alkyl halides is 3. The molecule has 0 fully saturated rings. The summed E-state index contributed by atoms with van der Waals surface area (Å²) in [5, 5.41) is 39.9. The maximum absolute atomic E-state index is 12.3. The van der Waals surface area contributed by atoms with Gasteiger partial charge in [-0.25, -0.2) is 0 Å². The number of halogens is 4. The van der Waals surface area contributed by atoms with Crippen molar-refractivity contribution in [3.63, 3.8) is 0 Å². The molecule has 178 valence electrons. The highest BCUT2D eigenvalue weighted by molar-refractivity contribution is 6.31. The van der Waals surface area contributed by atoms with Gasteiger partial charge in [-0.3, -0.25) is 0 Å². The molecule has 32 heavy (non-hydrogen) atoms. The average molecular weight is 477 g/mol. The molecule has 0 saturated heterocycles. The van der Waals surface area contributed by atoms with Crippen molar-refractivity contribution in [3.8, 4) is 5.75 Å². The van der Waals surface area contributed by atoms with Crippen LogP contribution in [-0.2, 0) is 6.42 Å². The predicted octanol–water partition coefficient (Wildman–Crippen LogP) is 3.69. The molecule has 0 aliphatic rings. The zero-order chi connectivity index (χ0) is 24.1. The molecule has 0 radical (unpaired) electrons. The van der Waals surface area contributed by atoms with Gasteiger partial charge in [0.2, 0.25) is 0 Å². The van der Waals surface area contributed by atoms with Crippen molar-refractivity contribution in [2.24, 2.45) is 5.92 Å². The van der Waals surface area contributed by atoms with Crippen LogP contribution in [0.4, 0.5) is 13.2 Å². The van der Waals surface area contributed by atoms with E-state index < -0.39 is 49.5 Å². The third-order valence-corrected chi connectivity index (χ3v) is 5.86. The first kappa shape index (κ1) is 26.4. The SMILES string of the molecule is CC(c1ccc(Cl)c(Cc2ccc(OCC(F)(F)F)cc2)c1)[C@H](O)[C@@H](C)[C@H](O)[C@H](O)CO. The van der Waals surface area contributed by atoms with Crippen molar-refractivity contribution in [1.29, 1.82) is 0 Å². The Bertz CT molecular complexity index is 860. The van der Waals surface area contributed by atoms with E-state index in [2.05, 4.69) is 0 Å². The van der Waals surface area contributed by atoms with Gasteiger partial charge in [0.1, 0.15) is 11.9 Å². The van der Waals surface area contributed by atoms with Gasteiger partial charge < -0.3 is 25.2 Å². The van der Waals surface area contributed by atoms with Gasteiger partial charge in [-0.15, -0.1) is 0 Å². The summed E-state index contributed by atoms with van der Waals surface area (Å²) >= 11 is 6.32. The molecule has 0 saturated carbocycles. The summed E-state index contributed by atoms with van der Waals surface area (Å²) in [5.41, 5.74) is 2.34. The molecule has 0 spiro atoms. The highest BCUT2D eigenvalue weighted by Crippen LogP contribution is 2.30. The Hall–Kier alpha value is -1.84. The Kier molecular flexibility index (Phi) is 9.36. The number of ether oxygens (including phenoxy) is 1. The zero-order valence-corrected chi connectivity index (χ0v) is 18.5. The quantitative estimate of drug-likeness (QED) is 0.420. The van der Waals surface area contributed by atoms with Gasteiger partial charge in [0.15, 0.2) is 6.61 Å². The highest BCUT2D eigenvalue weighted by atomic mass is 35.5. The topological polar surface area (TPSA) is 90.2 Å². The zero-order valence-electron chi connectivity index (χ0n) is 17.8. The lowest BCUT2D eigenvalue weighted by Crippen LogP contribution is -2.41. The number of rotatable bonds is 10. The minimum atomic E-state index is -4.41. The lowest BCUT2D eigenvalue weighted by molar-refractivity contribution is -0.153. The Morgan fingerprint density at radius 1 is 0.969 bits per heavy atom. The van der Waals surface area contributed by atoms with Crippen molar-refractivity contribution in [2.75, 3.05) is 13.2 Å². The number of aliphatic hydroxyl groups excluding tert-OH is 4. The number of aliphatic hydroxyl groups is 4. The number of benzene rings is 2. The van der Waals surface area contributed by atoms with Crippen molar-refractivity contribution < 1.29 is 38.3 Å². The molecule has 9 heteroatoms. The summed E-state index contributed by atoms with van der Waals surface area (Å²) in [4.78, 5) is 0. The summed E-state index contributed by atoms with van der Waals surface area (Å²) < 4.78 is 41.5. The van der Waals surface area contributed by atoms with E-state index in [0.717, 1.165) is 16.7 Å². The second-order valence-electron chi connectivity index (χ2n) is 7.95. The molecule has 2 aromatic rings. The van der Waals surface area contributed by atoms with Crippen molar-refractivity contribution >= 4 is 11.6 Å². The molecule has 4 N–H and O–H groups in total. The molecule has 0 heterocycles. The maximum Gasteiger partial charge on any atom is 0.422 e. The first-order chi connectivity index (χ1) is 14.9. The van der Waals surface area contributed by atoms with Gasteiger partial charge in [-0.1, -0.05) is 49.7 Å². The molecule has 0 bridgehead atoms. The van der Waals surface area contributed by atoms with E-state index in [1.54, 1.807) is 38.1 Å². The molecular formula is C23H28ClF3O5. The predicted molar refractivity (Wildman–Crippen MR) is 115 cm³/mol. The van der Waals surface area contributed by atoms with E-state index in [4.69, 9.17) is 21.4 Å². The van der Waals surface area contributed by atoms with Crippen LogP contribution in [0.15, 0.2) is 42.5 Å². The van der Waals surface area contributed by atoms with E-state index in [1.807, 2.05) is 6.07 Å². The summed E-state index contributed by atoms with van der Waals surface area (Å²) in [6.45, 7) is 1.39. The average Bonchev–Trinajstić information content (AvgIpc) is 2.76. The normalized spacial score (nSPS) is 16.8. The van der Waals surface area contributed by atoms with Gasteiger partial charge in [-0.2, -0.15) is 13.2 Å². The largest absolute Gasteiger partial charge is 0.484 e. The molecule has 0 aliphatic carbocycles. The van der Waals surface area contributed by atoms with Crippen LogP contribution < -0.4 is 4.74 Å². The van der Waals surface area contributed by atoms with Crippen LogP contribution in [0.25, 0.3) is 0 Å². The monoisotopic (exact) mass is 476 g/mol. The maximum atomic E-state index is 12.3. The van der Waals surface area contributed by atoms with Crippen LogP contribution in [0.2, 0.25) is 5.02 Å². The minimum absolute atomic E-state index is 0.111. The van der Waals surface area contributed by atoms with Gasteiger partial charge in [0.05, 0.1) is 18.8 Å². The van der Waals surface area contributed by atoms with Crippen LogP contribution in [0.5, 0.6) is 5.75 Å². The number of hydrogen-bond acceptors (Lipinski definition) is 5. The molecule has 0 amide bonds. The second kappa shape index (κ2) is 11.3. The lowest BCUT2D eigenvalue weighted by Gasteiger charge is -2.30. The van der Waals surface area contributed by atoms with Gasteiger partial charge in [0.25, 0.3) is 0 Å². The fourth-order valence-electron chi connectivity index (χ4n) is 3.41. The molecule has 1 unspecified atom stereocenters. The Labute approximate surface area is 190 Å². The summed E-state index contributed by atoms with van der Waals surface area (Å²) in [7, 11) is 0. The highest BCUT2D eigenvalue weighted by Gasteiger charge is 2.32. The van der Waals surface area contributed by atoms with Gasteiger partial charge >= 0.3 is 6.18 Å². The van der Waals surface area contributed by atoms with E-state index in [0.29, 0.717) is 11.4 Å². The standard InChI is InChI=1S/C23H28ClF3O5/c1-13(21(30)14(2)22(31)20(29)11-28)16-5-8-19(24)17(10-16)9-15-3-6-18(7-4-15)32-12-23(25,26)27/h3-8,10,13-14,20-22,28-31H,9,11-12H2,1-2H3/t13?,14-,20-,21+,22+/m1/s1. The van der Waals surface area contributed by atoms with E-state index in [1.165, 1.54) is 12.1 Å². The minimum Gasteiger partial charge on any atom is -0.484 e. The smallest absolute Gasteiger partial charge is 0.422 e. The molecule has 2 aromatic carbocycles. The van der Waals surface area contributed by atoms with Crippen LogP contribution >= 0.6 is 11.6 Å². The first-order valence-electron chi connectivity index (χ1n) is 10.1.